The molecule has 0 aliphatic heterocycles. The number of amides is 1. The molecule has 2 aromatic heterocycles. The Morgan fingerprint density at radius 2 is 1.88 bits per heavy atom. The van der Waals surface area contributed by atoms with Crippen LogP contribution in [0.15, 0.2) is 79.1 Å². The maximum atomic E-state index is 13.9. The fourth-order valence-corrected chi connectivity index (χ4v) is 3.82. The number of nitrogens with one attached hydrogen (secondary N) is 1. The first-order chi connectivity index (χ1) is 16.5. The predicted molar refractivity (Wildman–Crippen MR) is 131 cm³/mol. The lowest BCUT2D eigenvalue weighted by molar-refractivity contribution is 0.107. The van der Waals surface area contributed by atoms with Crippen molar-refractivity contribution in [2.45, 2.75) is 19.0 Å². The van der Waals surface area contributed by atoms with E-state index in [1.54, 1.807) is 30.6 Å². The summed E-state index contributed by atoms with van der Waals surface area (Å²) in [6.45, 7) is 0.477. The predicted octanol–water partition coefficient (Wildman–Crippen LogP) is 5.71. The SMILES string of the molecule is CN(Cc1cccc(F)c1Cl)C(COC(=O)Nc1cc2ccccc2cn1)Cc1ccccn1. The minimum Gasteiger partial charge on any atom is -0.448 e. The molecule has 34 heavy (non-hydrogen) atoms. The maximum absolute atomic E-state index is 13.9. The van der Waals surface area contributed by atoms with Gasteiger partial charge in [-0.15, -0.1) is 0 Å². The fourth-order valence-electron chi connectivity index (χ4n) is 3.64. The van der Waals surface area contributed by atoms with E-state index >= 15 is 0 Å². The molecule has 2 aromatic carbocycles. The van der Waals surface area contributed by atoms with Crippen molar-refractivity contribution in [1.29, 1.82) is 0 Å². The van der Waals surface area contributed by atoms with Crippen LogP contribution in [-0.4, -0.2) is 40.7 Å². The van der Waals surface area contributed by atoms with Crippen molar-refractivity contribution in [2.75, 3.05) is 19.0 Å². The van der Waals surface area contributed by atoms with E-state index < -0.39 is 11.9 Å². The Morgan fingerprint density at radius 3 is 2.68 bits per heavy atom. The van der Waals surface area contributed by atoms with Crippen LogP contribution in [-0.2, 0) is 17.7 Å². The Hall–Kier alpha value is -3.55. The standard InChI is InChI=1S/C26H24ClFN4O2/c1-32(16-20-9-6-11-23(28)25(20)27)22(14-21-10-4-5-12-29-21)17-34-26(33)31-24-13-18-7-2-3-8-19(18)15-30-24/h2-13,15,22H,14,16-17H2,1H3,(H,30,31,33). The van der Waals surface area contributed by atoms with Crippen molar-refractivity contribution in [2.24, 2.45) is 0 Å². The summed E-state index contributed by atoms with van der Waals surface area (Å²) >= 11 is 6.15. The van der Waals surface area contributed by atoms with Gasteiger partial charge in [-0.2, -0.15) is 0 Å². The normalized spacial score (nSPS) is 12.0. The number of ether oxygens (including phenoxy) is 1. The molecule has 0 aliphatic rings. The van der Waals surface area contributed by atoms with Gasteiger partial charge in [0.05, 0.1) is 5.02 Å². The molecule has 4 rings (SSSR count). The van der Waals surface area contributed by atoms with Crippen LogP contribution in [0.1, 0.15) is 11.3 Å². The number of rotatable bonds is 8. The molecule has 1 amide bonds. The average molecular weight is 479 g/mol. The third kappa shape index (κ3) is 6.07. The number of halogens is 2. The fraction of sp³-hybridized carbons (Fsp3) is 0.192. The van der Waals surface area contributed by atoms with Gasteiger partial charge in [0, 0.05) is 42.5 Å². The molecule has 1 unspecified atom stereocenters. The van der Waals surface area contributed by atoms with Crippen LogP contribution in [0.5, 0.6) is 0 Å². The summed E-state index contributed by atoms with van der Waals surface area (Å²) < 4.78 is 19.4. The lowest BCUT2D eigenvalue weighted by atomic mass is 10.1. The van der Waals surface area contributed by atoms with E-state index in [1.165, 1.54) is 6.07 Å². The second-order valence-electron chi connectivity index (χ2n) is 7.95. The zero-order valence-corrected chi connectivity index (χ0v) is 19.4. The number of aromatic nitrogens is 2. The van der Waals surface area contributed by atoms with Gasteiger partial charge in [0.15, 0.2) is 0 Å². The van der Waals surface area contributed by atoms with Gasteiger partial charge in [0.2, 0.25) is 0 Å². The molecular formula is C26H24ClFN4O2. The maximum Gasteiger partial charge on any atom is 0.412 e. The Kier molecular flexibility index (Phi) is 7.67. The number of carbonyl (C=O) groups is 1. The van der Waals surface area contributed by atoms with Crippen LogP contribution in [0.3, 0.4) is 0 Å². The number of carbonyl (C=O) groups excluding carboxylic acids is 1. The number of hydrogen-bond acceptors (Lipinski definition) is 5. The molecule has 0 fully saturated rings. The largest absolute Gasteiger partial charge is 0.448 e. The summed E-state index contributed by atoms with van der Waals surface area (Å²) in [6, 6.07) is 19.7. The van der Waals surface area contributed by atoms with Crippen molar-refractivity contribution >= 4 is 34.3 Å². The van der Waals surface area contributed by atoms with Crippen molar-refractivity contribution in [3.8, 4) is 0 Å². The molecule has 1 N–H and O–H groups in total. The highest BCUT2D eigenvalue weighted by Gasteiger charge is 2.20. The summed E-state index contributed by atoms with van der Waals surface area (Å²) in [4.78, 5) is 23.1. The van der Waals surface area contributed by atoms with E-state index in [9.17, 15) is 9.18 Å². The molecule has 4 aromatic rings. The molecule has 0 bridgehead atoms. The zero-order valence-electron chi connectivity index (χ0n) is 18.6. The lowest BCUT2D eigenvalue weighted by Crippen LogP contribution is -2.38. The highest BCUT2D eigenvalue weighted by atomic mass is 35.5. The molecule has 0 saturated carbocycles. The van der Waals surface area contributed by atoms with Gasteiger partial charge < -0.3 is 4.74 Å². The first-order valence-corrected chi connectivity index (χ1v) is 11.2. The zero-order chi connectivity index (χ0) is 23.9. The number of anilines is 1. The monoisotopic (exact) mass is 478 g/mol. The molecule has 0 spiro atoms. The van der Waals surface area contributed by atoms with Gasteiger partial charge in [-0.3, -0.25) is 15.2 Å². The van der Waals surface area contributed by atoms with Crippen LogP contribution in [0.4, 0.5) is 15.0 Å². The van der Waals surface area contributed by atoms with E-state index in [2.05, 4.69) is 15.3 Å². The molecule has 0 aliphatic carbocycles. The summed E-state index contributed by atoms with van der Waals surface area (Å²) in [7, 11) is 1.88. The van der Waals surface area contributed by atoms with Crippen LogP contribution in [0.25, 0.3) is 10.8 Å². The van der Waals surface area contributed by atoms with E-state index in [0.29, 0.717) is 24.3 Å². The molecule has 0 saturated heterocycles. The minimum atomic E-state index is -0.606. The van der Waals surface area contributed by atoms with Gasteiger partial charge in [-0.05, 0) is 42.3 Å². The van der Waals surface area contributed by atoms with E-state index in [4.69, 9.17) is 16.3 Å². The van der Waals surface area contributed by atoms with Crippen LogP contribution in [0.2, 0.25) is 5.02 Å². The average Bonchev–Trinajstić information content (AvgIpc) is 2.85. The number of nitrogens with zero attached hydrogens (tertiary/aromatic N) is 3. The van der Waals surface area contributed by atoms with Gasteiger partial charge >= 0.3 is 6.09 Å². The van der Waals surface area contributed by atoms with Crippen molar-refractivity contribution in [3.63, 3.8) is 0 Å². The molecular weight excluding hydrogens is 455 g/mol. The molecule has 0 radical (unpaired) electrons. The summed E-state index contributed by atoms with van der Waals surface area (Å²) in [6.07, 6.45) is 3.34. The van der Waals surface area contributed by atoms with Gasteiger partial charge in [0.25, 0.3) is 0 Å². The third-order valence-corrected chi connectivity index (χ3v) is 5.94. The summed E-state index contributed by atoms with van der Waals surface area (Å²) in [5.41, 5.74) is 1.50. The number of likely N-dealkylation sites (N-methyl/N-ethyl adjacent to an activating group) is 1. The summed E-state index contributed by atoms with van der Waals surface area (Å²) in [5, 5.41) is 4.72. The quantitative estimate of drug-likeness (QED) is 0.351. The first kappa shape index (κ1) is 23.6. The van der Waals surface area contributed by atoms with Crippen LogP contribution in [0, 0.1) is 5.82 Å². The minimum absolute atomic E-state index is 0.0898. The number of pyridine rings is 2. The third-order valence-electron chi connectivity index (χ3n) is 5.51. The number of hydrogen-bond donors (Lipinski definition) is 1. The van der Waals surface area contributed by atoms with Gasteiger partial charge in [-0.1, -0.05) is 54.1 Å². The highest BCUT2D eigenvalue weighted by molar-refractivity contribution is 6.31. The first-order valence-electron chi connectivity index (χ1n) is 10.8. The number of benzene rings is 2. The van der Waals surface area contributed by atoms with E-state index in [0.717, 1.165) is 16.5 Å². The number of fused-ring (bicyclic) bond motifs is 1. The van der Waals surface area contributed by atoms with Gasteiger partial charge in [-0.25, -0.2) is 14.2 Å². The highest BCUT2D eigenvalue weighted by Crippen LogP contribution is 2.22. The van der Waals surface area contributed by atoms with Crippen molar-refractivity contribution in [1.82, 2.24) is 14.9 Å². The van der Waals surface area contributed by atoms with Crippen molar-refractivity contribution in [3.05, 3.63) is 101 Å². The van der Waals surface area contributed by atoms with E-state index in [1.807, 2.05) is 54.4 Å². The topological polar surface area (TPSA) is 67.3 Å². The molecule has 1 atom stereocenters. The Balaban J connectivity index is 1.43. The molecule has 8 heteroatoms. The van der Waals surface area contributed by atoms with Crippen LogP contribution < -0.4 is 5.32 Å². The lowest BCUT2D eigenvalue weighted by Gasteiger charge is -2.28. The smallest absolute Gasteiger partial charge is 0.412 e. The van der Waals surface area contributed by atoms with Crippen LogP contribution >= 0.6 is 11.6 Å². The second-order valence-corrected chi connectivity index (χ2v) is 8.33. The Bertz CT molecular complexity index is 1270. The second kappa shape index (κ2) is 11.0. The summed E-state index contributed by atoms with van der Waals surface area (Å²) in [5.74, 6) is -0.0581. The van der Waals surface area contributed by atoms with Gasteiger partial charge in [0.1, 0.15) is 18.2 Å². The molecule has 174 valence electrons. The molecule has 2 heterocycles. The van der Waals surface area contributed by atoms with Crippen molar-refractivity contribution < 1.29 is 13.9 Å². The Labute approximate surface area is 202 Å². The Morgan fingerprint density at radius 1 is 1.09 bits per heavy atom. The molecule has 6 nitrogen and oxygen atoms in total. The van der Waals surface area contributed by atoms with E-state index in [-0.39, 0.29) is 17.7 Å².